The Kier molecular flexibility index (Phi) is 7.02. The molecule has 0 saturated carbocycles. The maximum atomic E-state index is 12.4. The molecular weight excluding hydrogens is 376 g/mol. The van der Waals surface area contributed by atoms with Crippen LogP contribution < -0.4 is 14.8 Å². The van der Waals surface area contributed by atoms with Crippen LogP contribution in [0.15, 0.2) is 53.4 Å². The van der Waals surface area contributed by atoms with Crippen molar-refractivity contribution >= 4 is 27.5 Å². The molecule has 140 valence electrons. The van der Waals surface area contributed by atoms with Crippen molar-refractivity contribution in [1.29, 1.82) is 0 Å². The molecule has 2 N–H and O–H groups in total. The van der Waals surface area contributed by atoms with Gasteiger partial charge in [-0.2, -0.15) is 4.72 Å². The van der Waals surface area contributed by atoms with E-state index in [1.54, 1.807) is 36.4 Å². The summed E-state index contributed by atoms with van der Waals surface area (Å²) in [5.41, 5.74) is 0.865. The van der Waals surface area contributed by atoms with Crippen LogP contribution in [0.2, 0.25) is 5.02 Å². The minimum atomic E-state index is -3.81. The first-order valence-corrected chi connectivity index (χ1v) is 9.95. The lowest BCUT2D eigenvalue weighted by molar-refractivity contribution is -0.122. The first-order chi connectivity index (χ1) is 12.3. The molecule has 2 aromatic rings. The van der Waals surface area contributed by atoms with Crippen LogP contribution in [0.1, 0.15) is 19.4 Å². The van der Waals surface area contributed by atoms with E-state index in [0.717, 1.165) is 5.56 Å². The van der Waals surface area contributed by atoms with Gasteiger partial charge in [-0.15, -0.1) is 0 Å². The van der Waals surface area contributed by atoms with E-state index in [2.05, 4.69) is 10.0 Å². The van der Waals surface area contributed by atoms with Crippen molar-refractivity contribution in [1.82, 2.24) is 10.0 Å². The Morgan fingerprint density at radius 1 is 1.12 bits per heavy atom. The number of carbonyl (C=O) groups excluding carboxylic acids is 1. The maximum Gasteiger partial charge on any atom is 0.241 e. The Morgan fingerprint density at radius 2 is 1.73 bits per heavy atom. The highest BCUT2D eigenvalue weighted by Crippen LogP contribution is 2.16. The van der Waals surface area contributed by atoms with E-state index in [-0.39, 0.29) is 11.4 Å². The van der Waals surface area contributed by atoms with Crippen molar-refractivity contribution in [2.24, 2.45) is 0 Å². The van der Waals surface area contributed by atoms with E-state index in [1.807, 2.05) is 6.92 Å². The second-order valence-corrected chi connectivity index (χ2v) is 7.74. The van der Waals surface area contributed by atoms with Crippen molar-refractivity contribution in [3.8, 4) is 5.75 Å². The van der Waals surface area contributed by atoms with Crippen molar-refractivity contribution < 1.29 is 17.9 Å². The molecule has 26 heavy (non-hydrogen) atoms. The quantitative estimate of drug-likeness (QED) is 0.718. The molecule has 0 aliphatic carbocycles. The van der Waals surface area contributed by atoms with Gasteiger partial charge in [0.05, 0.1) is 17.5 Å². The van der Waals surface area contributed by atoms with E-state index < -0.39 is 22.0 Å². The summed E-state index contributed by atoms with van der Waals surface area (Å²) in [6.45, 7) is 4.11. The van der Waals surface area contributed by atoms with Crippen LogP contribution in [0.3, 0.4) is 0 Å². The number of rotatable bonds is 8. The standard InChI is InChI=1S/C18H21ClN2O4S/c1-3-25-16-8-10-17(11-9-16)26(23,24)21-13(2)18(22)20-12-14-4-6-15(19)7-5-14/h4-11,13,21H,3,12H2,1-2H3,(H,20,22)/t13-/m1/s1. The van der Waals surface area contributed by atoms with Gasteiger partial charge in [0.25, 0.3) is 0 Å². The number of ether oxygens (including phenoxy) is 1. The molecule has 1 atom stereocenters. The SMILES string of the molecule is CCOc1ccc(S(=O)(=O)N[C@H](C)C(=O)NCc2ccc(Cl)cc2)cc1. The van der Waals surface area contributed by atoms with Crippen LogP contribution in [0.5, 0.6) is 5.75 Å². The number of benzene rings is 2. The van der Waals surface area contributed by atoms with E-state index in [4.69, 9.17) is 16.3 Å². The fourth-order valence-electron chi connectivity index (χ4n) is 2.18. The molecule has 2 aromatic carbocycles. The van der Waals surface area contributed by atoms with Crippen LogP contribution in [-0.2, 0) is 21.4 Å². The lowest BCUT2D eigenvalue weighted by atomic mass is 10.2. The Morgan fingerprint density at radius 3 is 2.31 bits per heavy atom. The van der Waals surface area contributed by atoms with Gasteiger partial charge < -0.3 is 10.1 Å². The summed E-state index contributed by atoms with van der Waals surface area (Å²) in [6.07, 6.45) is 0. The zero-order valence-electron chi connectivity index (χ0n) is 14.5. The smallest absolute Gasteiger partial charge is 0.241 e. The van der Waals surface area contributed by atoms with E-state index >= 15 is 0 Å². The molecule has 0 aromatic heterocycles. The summed E-state index contributed by atoms with van der Waals surface area (Å²) in [5.74, 6) is 0.162. The fourth-order valence-corrected chi connectivity index (χ4v) is 3.51. The van der Waals surface area contributed by atoms with E-state index in [0.29, 0.717) is 17.4 Å². The van der Waals surface area contributed by atoms with Crippen molar-refractivity contribution in [3.05, 3.63) is 59.1 Å². The van der Waals surface area contributed by atoms with E-state index in [9.17, 15) is 13.2 Å². The molecule has 2 rings (SSSR count). The number of nitrogens with one attached hydrogen (secondary N) is 2. The van der Waals surface area contributed by atoms with E-state index in [1.165, 1.54) is 19.1 Å². The Bertz CT molecular complexity index is 836. The molecule has 0 fully saturated rings. The molecular formula is C18H21ClN2O4S. The van der Waals surface area contributed by atoms with Crippen molar-refractivity contribution in [3.63, 3.8) is 0 Å². The summed E-state index contributed by atoms with van der Waals surface area (Å²) < 4.78 is 32.4. The predicted molar refractivity (Wildman–Crippen MR) is 101 cm³/mol. The molecule has 1 amide bonds. The second kappa shape index (κ2) is 9.02. The third-order valence-corrected chi connectivity index (χ3v) is 5.36. The Hall–Kier alpha value is -2.09. The van der Waals surface area contributed by atoms with Gasteiger partial charge in [0.15, 0.2) is 0 Å². The van der Waals surface area contributed by atoms with Crippen LogP contribution >= 0.6 is 11.6 Å². The summed E-state index contributed by atoms with van der Waals surface area (Å²) in [4.78, 5) is 12.2. The molecule has 8 heteroatoms. The number of hydrogen-bond donors (Lipinski definition) is 2. The predicted octanol–water partition coefficient (Wildman–Crippen LogP) is 2.72. The van der Waals surface area contributed by atoms with Gasteiger partial charge in [-0.1, -0.05) is 23.7 Å². The molecule has 0 bridgehead atoms. The second-order valence-electron chi connectivity index (χ2n) is 5.59. The molecule has 0 aliphatic rings. The van der Waals surface area contributed by atoms with Gasteiger partial charge in [0, 0.05) is 11.6 Å². The highest BCUT2D eigenvalue weighted by atomic mass is 35.5. The van der Waals surface area contributed by atoms with Gasteiger partial charge in [-0.25, -0.2) is 8.42 Å². The fraction of sp³-hybridized carbons (Fsp3) is 0.278. The molecule has 0 spiro atoms. The maximum absolute atomic E-state index is 12.4. The normalized spacial score (nSPS) is 12.4. The lowest BCUT2D eigenvalue weighted by Crippen LogP contribution is -2.44. The zero-order chi connectivity index (χ0) is 19.2. The van der Waals surface area contributed by atoms with Crippen molar-refractivity contribution in [2.45, 2.75) is 31.3 Å². The van der Waals surface area contributed by atoms with Gasteiger partial charge in [0.2, 0.25) is 15.9 Å². The Balaban J connectivity index is 1.94. The average molecular weight is 397 g/mol. The van der Waals surface area contributed by atoms with Gasteiger partial charge >= 0.3 is 0 Å². The summed E-state index contributed by atoms with van der Waals surface area (Å²) in [5, 5.41) is 3.30. The molecule has 0 aliphatic heterocycles. The Labute approximate surface area is 158 Å². The number of carbonyl (C=O) groups is 1. The van der Waals surface area contributed by atoms with Crippen LogP contribution in [0.4, 0.5) is 0 Å². The zero-order valence-corrected chi connectivity index (χ0v) is 16.1. The summed E-state index contributed by atoms with van der Waals surface area (Å²) in [7, 11) is -3.81. The van der Waals surface area contributed by atoms with Crippen LogP contribution in [0, 0.1) is 0 Å². The largest absolute Gasteiger partial charge is 0.494 e. The molecule has 0 unspecified atom stereocenters. The van der Waals surface area contributed by atoms with Gasteiger partial charge in [-0.3, -0.25) is 4.79 Å². The lowest BCUT2D eigenvalue weighted by Gasteiger charge is -2.15. The van der Waals surface area contributed by atoms with Gasteiger partial charge in [-0.05, 0) is 55.8 Å². The summed E-state index contributed by atoms with van der Waals surface area (Å²) >= 11 is 5.81. The van der Waals surface area contributed by atoms with Crippen LogP contribution in [0.25, 0.3) is 0 Å². The molecule has 0 radical (unpaired) electrons. The topological polar surface area (TPSA) is 84.5 Å². The minimum absolute atomic E-state index is 0.0679. The van der Waals surface area contributed by atoms with Gasteiger partial charge in [0.1, 0.15) is 5.75 Å². The minimum Gasteiger partial charge on any atom is -0.494 e. The molecule has 6 nitrogen and oxygen atoms in total. The first kappa shape index (κ1) is 20.2. The third-order valence-electron chi connectivity index (χ3n) is 3.55. The van der Waals surface area contributed by atoms with Crippen LogP contribution in [-0.4, -0.2) is 27.0 Å². The average Bonchev–Trinajstić information content (AvgIpc) is 2.61. The number of halogens is 1. The highest BCUT2D eigenvalue weighted by Gasteiger charge is 2.21. The third kappa shape index (κ3) is 5.72. The monoisotopic (exact) mass is 396 g/mol. The molecule has 0 heterocycles. The highest BCUT2D eigenvalue weighted by molar-refractivity contribution is 7.89. The molecule has 0 saturated heterocycles. The number of sulfonamides is 1. The number of amides is 1. The number of hydrogen-bond acceptors (Lipinski definition) is 4. The first-order valence-electron chi connectivity index (χ1n) is 8.09. The summed E-state index contributed by atoms with van der Waals surface area (Å²) in [6, 6.07) is 12.1. The van der Waals surface area contributed by atoms with Crippen molar-refractivity contribution in [2.75, 3.05) is 6.61 Å².